The first-order valence-corrected chi connectivity index (χ1v) is 9.04. The van der Waals surface area contributed by atoms with E-state index in [1.807, 2.05) is 0 Å². The Kier molecular flexibility index (Phi) is 5.83. The normalized spacial score (nSPS) is 12.6. The van der Waals surface area contributed by atoms with Gasteiger partial charge in [-0.25, -0.2) is 13.1 Å². The molecule has 1 unspecified atom stereocenters. The lowest BCUT2D eigenvalue weighted by Gasteiger charge is -2.12. The van der Waals surface area contributed by atoms with Gasteiger partial charge in [-0.15, -0.1) is 10.2 Å². The van der Waals surface area contributed by atoms with Gasteiger partial charge in [-0.1, -0.05) is 23.5 Å². The van der Waals surface area contributed by atoms with Crippen LogP contribution < -0.4 is 14.8 Å². The lowest BCUT2D eigenvalue weighted by molar-refractivity contribution is -0.114. The molecule has 1 heterocycles. The van der Waals surface area contributed by atoms with Crippen molar-refractivity contribution < 1.29 is 23.1 Å². The molecule has 1 amide bonds. The average Bonchev–Trinajstić information content (AvgIpc) is 3.01. The molecule has 11 heteroatoms. The van der Waals surface area contributed by atoms with Crippen LogP contribution in [0, 0.1) is 0 Å². The second-order valence-electron chi connectivity index (χ2n) is 4.70. The highest BCUT2D eigenvalue weighted by molar-refractivity contribution is 7.91. The number of hydrogen-bond donors (Lipinski definition) is 3. The molecule has 0 spiro atoms. The number of aromatic nitrogens is 2. The minimum atomic E-state index is -3.94. The highest BCUT2D eigenvalue weighted by Gasteiger charge is 2.22. The lowest BCUT2D eigenvalue weighted by Crippen LogP contribution is -2.28. The van der Waals surface area contributed by atoms with Crippen molar-refractivity contribution in [3.8, 4) is 5.75 Å². The van der Waals surface area contributed by atoms with Crippen LogP contribution in [0.3, 0.4) is 0 Å². The third-order valence-corrected chi connectivity index (χ3v) is 5.49. The molecule has 3 N–H and O–H groups in total. The minimum Gasteiger partial charge on any atom is -0.497 e. The maximum absolute atomic E-state index is 12.1. The van der Waals surface area contributed by atoms with Crippen molar-refractivity contribution in [2.45, 2.75) is 17.4 Å². The maximum atomic E-state index is 12.1. The highest BCUT2D eigenvalue weighted by atomic mass is 32.2. The van der Waals surface area contributed by atoms with E-state index in [2.05, 4.69) is 20.2 Å². The van der Waals surface area contributed by atoms with Crippen LogP contribution in [0.4, 0.5) is 5.13 Å². The van der Waals surface area contributed by atoms with Crippen LogP contribution in [-0.2, 0) is 14.8 Å². The molecule has 24 heavy (non-hydrogen) atoms. The first-order chi connectivity index (χ1) is 11.3. The van der Waals surface area contributed by atoms with Gasteiger partial charge in [0.05, 0.1) is 13.2 Å². The molecule has 0 aliphatic heterocycles. The number of ether oxygens (including phenoxy) is 1. The topological polar surface area (TPSA) is 131 Å². The van der Waals surface area contributed by atoms with Gasteiger partial charge in [0, 0.05) is 13.5 Å². The van der Waals surface area contributed by atoms with Crippen molar-refractivity contribution in [3.05, 3.63) is 29.8 Å². The van der Waals surface area contributed by atoms with E-state index in [0.29, 0.717) is 22.6 Å². The maximum Gasteiger partial charge on any atom is 0.269 e. The van der Waals surface area contributed by atoms with Crippen molar-refractivity contribution in [3.63, 3.8) is 0 Å². The lowest BCUT2D eigenvalue weighted by atomic mass is 10.1. The summed E-state index contributed by atoms with van der Waals surface area (Å²) in [4.78, 5) is 10.9. The Morgan fingerprint density at radius 3 is 2.83 bits per heavy atom. The van der Waals surface area contributed by atoms with E-state index in [0.717, 1.165) is 0 Å². The molecule has 0 aliphatic rings. The van der Waals surface area contributed by atoms with Crippen molar-refractivity contribution >= 4 is 32.4 Å². The number of nitrogens with zero attached hydrogens (tertiary/aromatic N) is 2. The zero-order valence-electron chi connectivity index (χ0n) is 12.9. The molecule has 0 fully saturated rings. The molecular formula is C13H16N4O5S2. The molecule has 1 aromatic heterocycles. The fourth-order valence-corrected chi connectivity index (χ4v) is 3.76. The smallest absolute Gasteiger partial charge is 0.269 e. The quantitative estimate of drug-likeness (QED) is 0.604. The number of nitrogens with one attached hydrogen (secondary N) is 2. The van der Waals surface area contributed by atoms with Gasteiger partial charge in [0.15, 0.2) is 0 Å². The number of hydrogen-bond acceptors (Lipinski definition) is 8. The summed E-state index contributed by atoms with van der Waals surface area (Å²) in [6.45, 7) is 1.03. The predicted molar refractivity (Wildman–Crippen MR) is 87.4 cm³/mol. The Bertz CT molecular complexity index is 821. The van der Waals surface area contributed by atoms with E-state index in [4.69, 9.17) is 4.74 Å². The van der Waals surface area contributed by atoms with Crippen molar-refractivity contribution in [1.82, 2.24) is 14.9 Å². The number of aliphatic hydroxyl groups excluding tert-OH is 1. The van der Waals surface area contributed by atoms with Gasteiger partial charge in [-0.3, -0.25) is 4.79 Å². The van der Waals surface area contributed by atoms with Crippen LogP contribution in [0.15, 0.2) is 28.6 Å². The van der Waals surface area contributed by atoms with E-state index in [1.54, 1.807) is 24.3 Å². The molecule has 1 atom stereocenters. The summed E-state index contributed by atoms with van der Waals surface area (Å²) in [5.41, 5.74) is 0.508. The van der Waals surface area contributed by atoms with Gasteiger partial charge < -0.3 is 15.2 Å². The summed E-state index contributed by atoms with van der Waals surface area (Å²) >= 11 is 0.715. The molecule has 130 valence electrons. The number of benzene rings is 1. The van der Waals surface area contributed by atoms with Crippen molar-refractivity contribution in [1.29, 1.82) is 0 Å². The van der Waals surface area contributed by atoms with E-state index in [-0.39, 0.29) is 21.9 Å². The molecule has 1 aromatic carbocycles. The molecule has 0 saturated carbocycles. The molecule has 0 saturated heterocycles. The number of carbonyl (C=O) groups excluding carboxylic acids is 1. The molecule has 9 nitrogen and oxygen atoms in total. The Labute approximate surface area is 142 Å². The highest BCUT2D eigenvalue weighted by Crippen LogP contribution is 2.21. The zero-order valence-corrected chi connectivity index (χ0v) is 14.5. The Hall–Kier alpha value is -2.08. The second kappa shape index (κ2) is 7.66. The average molecular weight is 372 g/mol. The number of rotatable bonds is 7. The van der Waals surface area contributed by atoms with Gasteiger partial charge >= 0.3 is 0 Å². The molecule has 0 aliphatic carbocycles. The summed E-state index contributed by atoms with van der Waals surface area (Å²) in [5.74, 6) is 0.176. The first-order valence-electron chi connectivity index (χ1n) is 6.74. The van der Waals surface area contributed by atoms with Crippen LogP contribution in [0.25, 0.3) is 0 Å². The number of carbonyl (C=O) groups is 1. The van der Waals surface area contributed by atoms with E-state index < -0.39 is 16.1 Å². The summed E-state index contributed by atoms with van der Waals surface area (Å²) in [6.07, 6.45) is -1.06. The monoisotopic (exact) mass is 372 g/mol. The zero-order chi connectivity index (χ0) is 17.7. The van der Waals surface area contributed by atoms with Gasteiger partial charge in [-0.2, -0.15) is 0 Å². The number of aliphatic hydroxyl groups is 1. The van der Waals surface area contributed by atoms with Crippen LogP contribution in [0.2, 0.25) is 0 Å². The van der Waals surface area contributed by atoms with Crippen LogP contribution in [-0.4, -0.2) is 43.3 Å². The second-order valence-corrected chi connectivity index (χ2v) is 7.62. The summed E-state index contributed by atoms with van der Waals surface area (Å²) in [5, 5.41) is 19.6. The Morgan fingerprint density at radius 1 is 1.42 bits per heavy atom. The van der Waals surface area contributed by atoms with Crippen molar-refractivity contribution in [2.75, 3.05) is 19.0 Å². The Morgan fingerprint density at radius 2 is 2.17 bits per heavy atom. The summed E-state index contributed by atoms with van der Waals surface area (Å²) < 4.78 is 31.3. The molecule has 2 aromatic rings. The van der Waals surface area contributed by atoms with Gasteiger partial charge in [-0.05, 0) is 17.7 Å². The predicted octanol–water partition coefficient (Wildman–Crippen LogP) is 0.517. The number of methoxy groups -OCH3 is 1. The van der Waals surface area contributed by atoms with Crippen molar-refractivity contribution in [2.24, 2.45) is 0 Å². The van der Waals surface area contributed by atoms with Gasteiger partial charge in [0.1, 0.15) is 5.75 Å². The molecular weight excluding hydrogens is 356 g/mol. The third kappa shape index (κ3) is 4.71. The largest absolute Gasteiger partial charge is 0.497 e. The number of anilines is 1. The minimum absolute atomic E-state index is 0.0798. The number of sulfonamides is 1. The van der Waals surface area contributed by atoms with Gasteiger partial charge in [0.2, 0.25) is 15.4 Å². The standard InChI is InChI=1S/C13H16N4O5S2/c1-8(18)15-12-16-17-13(23-12)24(20,21)14-7-11(19)9-4-3-5-10(6-9)22-2/h3-6,11,14,19H,7H2,1-2H3,(H,15,16,18). The van der Waals surface area contributed by atoms with E-state index in [9.17, 15) is 18.3 Å². The van der Waals surface area contributed by atoms with E-state index >= 15 is 0 Å². The summed E-state index contributed by atoms with van der Waals surface area (Å²) in [7, 11) is -2.45. The van der Waals surface area contributed by atoms with Crippen LogP contribution >= 0.6 is 11.3 Å². The SMILES string of the molecule is COc1cccc(C(O)CNS(=O)(=O)c2nnc(NC(C)=O)s2)c1. The summed E-state index contributed by atoms with van der Waals surface area (Å²) in [6, 6.07) is 6.67. The fraction of sp³-hybridized carbons (Fsp3) is 0.308. The van der Waals surface area contributed by atoms with Crippen LogP contribution in [0.5, 0.6) is 5.75 Å². The molecule has 0 radical (unpaired) electrons. The molecule has 2 rings (SSSR count). The van der Waals surface area contributed by atoms with Gasteiger partial charge in [0.25, 0.3) is 10.0 Å². The van der Waals surface area contributed by atoms with Crippen LogP contribution in [0.1, 0.15) is 18.6 Å². The fourth-order valence-electron chi connectivity index (χ4n) is 1.74. The Balaban J connectivity index is 2.03. The van der Waals surface area contributed by atoms with E-state index in [1.165, 1.54) is 14.0 Å². The first kappa shape index (κ1) is 18.3. The third-order valence-electron chi connectivity index (χ3n) is 2.86. The number of amides is 1. The molecule has 0 bridgehead atoms.